The Labute approximate surface area is 168 Å². The van der Waals surface area contributed by atoms with Crippen LogP contribution in [0.5, 0.6) is 0 Å². The van der Waals surface area contributed by atoms with E-state index in [2.05, 4.69) is 51.7 Å². The molecular weight excluding hydrogens is 427 g/mol. The summed E-state index contributed by atoms with van der Waals surface area (Å²) in [7, 11) is 1.83. The van der Waals surface area contributed by atoms with E-state index in [1.165, 1.54) is 17.5 Å². The van der Waals surface area contributed by atoms with Gasteiger partial charge in [-0.25, -0.2) is 0 Å². The highest BCUT2D eigenvalue weighted by molar-refractivity contribution is 14.0. The second kappa shape index (κ2) is 10.3. The Bertz CT molecular complexity index is 560. The molecule has 0 aliphatic carbocycles. The number of nitrogens with one attached hydrogen (secondary N) is 2. The number of aliphatic imine (C=N–C) groups is 1. The molecule has 0 saturated carbocycles. The Balaban J connectivity index is 0.00000225. The normalized spacial score (nSPS) is 22.0. The molecule has 0 amide bonds. The lowest BCUT2D eigenvalue weighted by molar-refractivity contribution is 0.113. The topological polar surface area (TPSA) is 48.9 Å². The molecule has 0 spiro atoms. The number of nitrogens with zero attached hydrogens (tertiary/aromatic N) is 2. The molecule has 140 valence electrons. The highest BCUT2D eigenvalue weighted by Gasteiger charge is 2.20. The number of benzene rings is 1. The summed E-state index contributed by atoms with van der Waals surface area (Å²) in [5.74, 6) is 0.870. The van der Waals surface area contributed by atoms with Gasteiger partial charge in [-0.15, -0.1) is 24.0 Å². The van der Waals surface area contributed by atoms with Crippen molar-refractivity contribution in [1.82, 2.24) is 15.5 Å². The van der Waals surface area contributed by atoms with Gasteiger partial charge in [0, 0.05) is 45.9 Å². The Kier molecular flexibility index (Phi) is 8.45. The van der Waals surface area contributed by atoms with Gasteiger partial charge in [0.25, 0.3) is 0 Å². The first kappa shape index (κ1) is 20.5. The van der Waals surface area contributed by atoms with E-state index in [4.69, 9.17) is 4.74 Å². The fourth-order valence-electron chi connectivity index (χ4n) is 3.50. The molecule has 25 heavy (non-hydrogen) atoms. The van der Waals surface area contributed by atoms with Gasteiger partial charge in [0.2, 0.25) is 0 Å². The second-order valence-electron chi connectivity index (χ2n) is 6.81. The van der Waals surface area contributed by atoms with Crippen molar-refractivity contribution < 1.29 is 4.74 Å². The molecule has 5 nitrogen and oxygen atoms in total. The molecule has 1 fully saturated rings. The average Bonchev–Trinajstić information content (AvgIpc) is 3.14. The first-order valence-corrected chi connectivity index (χ1v) is 9.13. The minimum Gasteiger partial charge on any atom is -0.376 e. The quantitative estimate of drug-likeness (QED) is 0.404. The second-order valence-corrected chi connectivity index (χ2v) is 6.81. The SMILES string of the molecule is CN=C(NCC1CCCO1)NCC(C)N1CCc2ccccc2C1.I. The number of ether oxygens (including phenoxy) is 1. The third-order valence-corrected chi connectivity index (χ3v) is 5.09. The average molecular weight is 458 g/mol. The highest BCUT2D eigenvalue weighted by atomic mass is 127. The molecule has 1 aromatic rings. The van der Waals surface area contributed by atoms with Crippen molar-refractivity contribution in [3.05, 3.63) is 35.4 Å². The minimum atomic E-state index is 0. The van der Waals surface area contributed by atoms with Crippen molar-refractivity contribution in [1.29, 1.82) is 0 Å². The standard InChI is InChI=1S/C19H30N4O.HI/c1-15(23-10-9-16-6-3-4-7-17(16)14-23)12-21-19(20-2)22-13-18-8-5-11-24-18;/h3-4,6-7,15,18H,5,8-14H2,1-2H3,(H2,20,21,22);1H. The van der Waals surface area contributed by atoms with E-state index in [0.29, 0.717) is 12.1 Å². The van der Waals surface area contributed by atoms with Crippen LogP contribution < -0.4 is 10.6 Å². The summed E-state index contributed by atoms with van der Waals surface area (Å²) in [6, 6.07) is 9.27. The molecule has 2 heterocycles. The number of halogens is 1. The first-order chi connectivity index (χ1) is 11.8. The maximum atomic E-state index is 5.65. The molecule has 2 N–H and O–H groups in total. The van der Waals surface area contributed by atoms with E-state index in [9.17, 15) is 0 Å². The lowest BCUT2D eigenvalue weighted by Gasteiger charge is -2.34. The lowest BCUT2D eigenvalue weighted by atomic mass is 9.99. The Hall–Kier alpha value is -0.860. The smallest absolute Gasteiger partial charge is 0.191 e. The van der Waals surface area contributed by atoms with Crippen molar-refractivity contribution in [2.45, 2.75) is 44.9 Å². The fraction of sp³-hybridized carbons (Fsp3) is 0.632. The van der Waals surface area contributed by atoms with Crippen LogP contribution >= 0.6 is 24.0 Å². The van der Waals surface area contributed by atoms with Gasteiger partial charge in [0.1, 0.15) is 0 Å². The zero-order chi connectivity index (χ0) is 16.8. The van der Waals surface area contributed by atoms with Gasteiger partial charge in [0.15, 0.2) is 5.96 Å². The zero-order valence-electron chi connectivity index (χ0n) is 15.3. The molecule has 2 atom stereocenters. The maximum Gasteiger partial charge on any atom is 0.191 e. The maximum absolute atomic E-state index is 5.65. The van der Waals surface area contributed by atoms with Crippen LogP contribution in [-0.4, -0.2) is 56.3 Å². The van der Waals surface area contributed by atoms with Crippen molar-refractivity contribution >= 4 is 29.9 Å². The number of fused-ring (bicyclic) bond motifs is 1. The van der Waals surface area contributed by atoms with Crippen LogP contribution in [-0.2, 0) is 17.7 Å². The molecule has 1 saturated heterocycles. The largest absolute Gasteiger partial charge is 0.376 e. The van der Waals surface area contributed by atoms with E-state index < -0.39 is 0 Å². The summed E-state index contributed by atoms with van der Waals surface area (Å²) < 4.78 is 5.65. The number of hydrogen-bond acceptors (Lipinski definition) is 3. The van der Waals surface area contributed by atoms with Crippen LogP contribution in [0, 0.1) is 0 Å². The molecular formula is C19H31IN4O. The monoisotopic (exact) mass is 458 g/mol. The van der Waals surface area contributed by atoms with Gasteiger partial charge >= 0.3 is 0 Å². The van der Waals surface area contributed by atoms with Crippen molar-refractivity contribution in [2.75, 3.05) is 33.3 Å². The van der Waals surface area contributed by atoms with Crippen LogP contribution in [0.4, 0.5) is 0 Å². The minimum absolute atomic E-state index is 0. The first-order valence-electron chi connectivity index (χ1n) is 9.13. The van der Waals surface area contributed by atoms with Crippen molar-refractivity contribution in [3.8, 4) is 0 Å². The molecule has 2 aliphatic heterocycles. The van der Waals surface area contributed by atoms with Gasteiger partial charge in [-0.1, -0.05) is 24.3 Å². The summed E-state index contributed by atoms with van der Waals surface area (Å²) in [5.41, 5.74) is 2.97. The molecule has 6 heteroatoms. The molecule has 2 aliphatic rings. The van der Waals surface area contributed by atoms with E-state index in [1.807, 2.05) is 7.05 Å². The third kappa shape index (κ3) is 5.82. The molecule has 2 unspecified atom stereocenters. The predicted molar refractivity (Wildman–Crippen MR) is 114 cm³/mol. The van der Waals surface area contributed by atoms with E-state index in [1.54, 1.807) is 0 Å². The van der Waals surface area contributed by atoms with E-state index in [0.717, 1.165) is 51.6 Å². The Morgan fingerprint density at radius 3 is 2.84 bits per heavy atom. The number of guanidine groups is 1. The summed E-state index contributed by atoms with van der Waals surface area (Å²) in [6.45, 7) is 7.08. The lowest BCUT2D eigenvalue weighted by Crippen LogP contribution is -2.48. The summed E-state index contributed by atoms with van der Waals surface area (Å²) in [5, 5.41) is 6.84. The number of rotatable bonds is 5. The van der Waals surface area contributed by atoms with Crippen LogP contribution in [0.25, 0.3) is 0 Å². The van der Waals surface area contributed by atoms with E-state index in [-0.39, 0.29) is 24.0 Å². The van der Waals surface area contributed by atoms with Gasteiger partial charge in [-0.3, -0.25) is 9.89 Å². The molecule has 0 bridgehead atoms. The van der Waals surface area contributed by atoms with Gasteiger partial charge < -0.3 is 15.4 Å². The molecule has 1 aromatic carbocycles. The Morgan fingerprint density at radius 1 is 1.32 bits per heavy atom. The van der Waals surface area contributed by atoms with Gasteiger partial charge in [-0.2, -0.15) is 0 Å². The van der Waals surface area contributed by atoms with Crippen LogP contribution in [0.15, 0.2) is 29.3 Å². The van der Waals surface area contributed by atoms with Gasteiger partial charge in [-0.05, 0) is 37.3 Å². The highest BCUT2D eigenvalue weighted by Crippen LogP contribution is 2.19. The van der Waals surface area contributed by atoms with Crippen LogP contribution in [0.3, 0.4) is 0 Å². The molecule has 0 aromatic heterocycles. The van der Waals surface area contributed by atoms with Crippen LogP contribution in [0.1, 0.15) is 30.9 Å². The third-order valence-electron chi connectivity index (χ3n) is 5.09. The summed E-state index contributed by atoms with van der Waals surface area (Å²) in [4.78, 5) is 6.87. The van der Waals surface area contributed by atoms with Crippen LogP contribution in [0.2, 0.25) is 0 Å². The van der Waals surface area contributed by atoms with Crippen molar-refractivity contribution in [3.63, 3.8) is 0 Å². The molecule has 0 radical (unpaired) electrons. The fourth-order valence-corrected chi connectivity index (χ4v) is 3.50. The number of hydrogen-bond donors (Lipinski definition) is 2. The molecule has 3 rings (SSSR count). The Morgan fingerprint density at radius 2 is 2.12 bits per heavy atom. The van der Waals surface area contributed by atoms with Gasteiger partial charge in [0.05, 0.1) is 6.10 Å². The summed E-state index contributed by atoms with van der Waals surface area (Å²) >= 11 is 0. The van der Waals surface area contributed by atoms with Crippen molar-refractivity contribution in [2.24, 2.45) is 4.99 Å². The summed E-state index contributed by atoms with van der Waals surface area (Å²) in [6.07, 6.45) is 3.80. The van der Waals surface area contributed by atoms with E-state index >= 15 is 0 Å². The predicted octanol–water partition coefficient (Wildman–Crippen LogP) is 2.40. The zero-order valence-corrected chi connectivity index (χ0v) is 17.7.